The lowest BCUT2D eigenvalue weighted by Gasteiger charge is -2.04. The lowest BCUT2D eigenvalue weighted by Crippen LogP contribution is -2.23. The minimum Gasteiger partial charge on any atom is -0.475 e. The van der Waals surface area contributed by atoms with Crippen molar-refractivity contribution in [1.82, 2.24) is 10.3 Å². The van der Waals surface area contributed by atoms with Crippen LogP contribution in [0.3, 0.4) is 0 Å². The molecule has 0 aliphatic heterocycles. The Bertz CT molecular complexity index is 669. The molecule has 0 spiro atoms. The van der Waals surface area contributed by atoms with Crippen LogP contribution >= 0.6 is 23.2 Å². The number of pyridine rings is 1. The fourth-order valence-corrected chi connectivity index (χ4v) is 1.86. The van der Waals surface area contributed by atoms with Crippen LogP contribution in [0.25, 0.3) is 0 Å². The third kappa shape index (κ3) is 3.28. The summed E-state index contributed by atoms with van der Waals surface area (Å²) in [5, 5.41) is 11.4. The molecule has 2 N–H and O–H groups in total. The fourth-order valence-electron chi connectivity index (χ4n) is 1.43. The van der Waals surface area contributed by atoms with Crippen molar-refractivity contribution in [1.29, 1.82) is 0 Å². The number of halogens is 2. The van der Waals surface area contributed by atoms with Crippen molar-refractivity contribution in [2.45, 2.75) is 6.54 Å². The maximum Gasteiger partial charge on any atom is 0.371 e. The minimum absolute atomic E-state index is 0.0133. The van der Waals surface area contributed by atoms with E-state index in [2.05, 4.69) is 10.3 Å². The van der Waals surface area contributed by atoms with Gasteiger partial charge in [-0.3, -0.25) is 4.79 Å². The molecule has 0 unspecified atom stereocenters. The standard InChI is InChI=1S/C12H8Cl2N2O4/c13-9-4-2-7(10(14)16-9)11(17)15-5-6-1-3-8(20-6)12(18)19/h1-4H,5H2,(H,15,17)(H,18,19). The Balaban J connectivity index is 2.02. The Morgan fingerprint density at radius 2 is 2.00 bits per heavy atom. The Kier molecular flexibility index (Phi) is 4.26. The lowest BCUT2D eigenvalue weighted by molar-refractivity contribution is 0.0660. The van der Waals surface area contributed by atoms with Gasteiger partial charge in [0.25, 0.3) is 5.91 Å². The molecule has 6 nitrogen and oxygen atoms in total. The Hall–Kier alpha value is -2.05. The van der Waals surface area contributed by atoms with Crippen molar-refractivity contribution in [3.63, 3.8) is 0 Å². The molecule has 2 rings (SSSR count). The number of carboxylic acids is 1. The van der Waals surface area contributed by atoms with E-state index in [0.29, 0.717) is 5.76 Å². The molecule has 2 heterocycles. The molecule has 0 aliphatic rings. The first-order valence-corrected chi connectivity index (χ1v) is 6.15. The molecule has 0 radical (unpaired) electrons. The van der Waals surface area contributed by atoms with Crippen LogP contribution in [0.2, 0.25) is 10.3 Å². The first-order chi connectivity index (χ1) is 9.47. The molecule has 0 bridgehead atoms. The van der Waals surface area contributed by atoms with Gasteiger partial charge in [-0.2, -0.15) is 0 Å². The minimum atomic E-state index is -1.17. The summed E-state index contributed by atoms with van der Waals surface area (Å²) in [6.07, 6.45) is 0. The van der Waals surface area contributed by atoms with E-state index in [4.69, 9.17) is 32.7 Å². The molecule has 0 aromatic carbocycles. The monoisotopic (exact) mass is 314 g/mol. The highest BCUT2D eigenvalue weighted by Gasteiger charge is 2.13. The predicted octanol–water partition coefficient (Wildman–Crippen LogP) is 2.61. The highest BCUT2D eigenvalue weighted by Crippen LogP contribution is 2.16. The van der Waals surface area contributed by atoms with Crippen LogP contribution in [0.15, 0.2) is 28.7 Å². The number of hydrogen-bond donors (Lipinski definition) is 2. The largest absolute Gasteiger partial charge is 0.475 e. The van der Waals surface area contributed by atoms with Crippen LogP contribution in [0.1, 0.15) is 26.7 Å². The predicted molar refractivity (Wildman–Crippen MR) is 71.1 cm³/mol. The average Bonchev–Trinajstić information content (AvgIpc) is 2.85. The summed E-state index contributed by atoms with van der Waals surface area (Å²) >= 11 is 11.4. The van der Waals surface area contributed by atoms with Gasteiger partial charge in [0.1, 0.15) is 16.1 Å². The summed E-state index contributed by atoms with van der Waals surface area (Å²) in [6.45, 7) is 0.0328. The quantitative estimate of drug-likeness (QED) is 0.846. The SMILES string of the molecule is O=C(O)c1ccc(CNC(=O)c2ccc(Cl)nc2Cl)o1. The number of nitrogens with zero attached hydrogens (tertiary/aromatic N) is 1. The van der Waals surface area contributed by atoms with Gasteiger partial charge in [0.05, 0.1) is 12.1 Å². The molecular formula is C12H8Cl2N2O4. The molecule has 0 saturated heterocycles. The number of aromatic nitrogens is 1. The van der Waals surface area contributed by atoms with Gasteiger partial charge in [-0.15, -0.1) is 0 Å². The maximum absolute atomic E-state index is 11.9. The second-order valence-corrected chi connectivity index (χ2v) is 4.47. The summed E-state index contributed by atoms with van der Waals surface area (Å²) in [6, 6.07) is 5.65. The Morgan fingerprint density at radius 1 is 1.25 bits per heavy atom. The number of carboxylic acid groups (broad SMARTS) is 1. The van der Waals surface area contributed by atoms with E-state index < -0.39 is 11.9 Å². The highest BCUT2D eigenvalue weighted by atomic mass is 35.5. The van der Waals surface area contributed by atoms with Gasteiger partial charge in [0.2, 0.25) is 5.76 Å². The van der Waals surface area contributed by atoms with E-state index in [1.807, 2.05) is 0 Å². The number of carbonyl (C=O) groups excluding carboxylic acids is 1. The molecule has 20 heavy (non-hydrogen) atoms. The molecular weight excluding hydrogens is 307 g/mol. The van der Waals surface area contributed by atoms with Gasteiger partial charge in [-0.1, -0.05) is 23.2 Å². The number of furan rings is 1. The fraction of sp³-hybridized carbons (Fsp3) is 0.0833. The summed E-state index contributed by atoms with van der Waals surface area (Å²) in [7, 11) is 0. The number of carbonyl (C=O) groups is 2. The number of aromatic carboxylic acids is 1. The van der Waals surface area contributed by atoms with E-state index in [1.165, 1.54) is 24.3 Å². The number of amides is 1. The van der Waals surface area contributed by atoms with Crippen LogP contribution in [-0.4, -0.2) is 22.0 Å². The normalized spacial score (nSPS) is 10.3. The average molecular weight is 315 g/mol. The first kappa shape index (κ1) is 14.4. The molecule has 104 valence electrons. The summed E-state index contributed by atoms with van der Waals surface area (Å²) in [5.41, 5.74) is 0.168. The van der Waals surface area contributed by atoms with Gasteiger partial charge >= 0.3 is 5.97 Å². The Labute approximate surface area is 123 Å². The van der Waals surface area contributed by atoms with Gasteiger partial charge in [0, 0.05) is 0 Å². The number of nitrogens with one attached hydrogen (secondary N) is 1. The van der Waals surface area contributed by atoms with Crippen LogP contribution in [-0.2, 0) is 6.54 Å². The van der Waals surface area contributed by atoms with Gasteiger partial charge in [0.15, 0.2) is 0 Å². The van der Waals surface area contributed by atoms with Crippen molar-refractivity contribution in [2.24, 2.45) is 0 Å². The van der Waals surface area contributed by atoms with Crippen LogP contribution < -0.4 is 5.32 Å². The molecule has 0 atom stereocenters. The molecule has 8 heteroatoms. The van der Waals surface area contributed by atoms with Gasteiger partial charge in [-0.25, -0.2) is 9.78 Å². The molecule has 0 fully saturated rings. The van der Waals surface area contributed by atoms with Crippen LogP contribution in [0, 0.1) is 0 Å². The van der Waals surface area contributed by atoms with Crippen LogP contribution in [0.4, 0.5) is 0 Å². The van der Waals surface area contributed by atoms with E-state index >= 15 is 0 Å². The molecule has 0 saturated carbocycles. The summed E-state index contributed by atoms with van der Waals surface area (Å²) in [4.78, 5) is 26.2. The third-order valence-electron chi connectivity index (χ3n) is 2.35. The highest BCUT2D eigenvalue weighted by molar-refractivity contribution is 6.34. The maximum atomic E-state index is 11.9. The zero-order valence-electron chi connectivity index (χ0n) is 9.89. The van der Waals surface area contributed by atoms with Crippen molar-refractivity contribution in [3.8, 4) is 0 Å². The van der Waals surface area contributed by atoms with E-state index in [-0.39, 0.29) is 28.2 Å². The smallest absolute Gasteiger partial charge is 0.371 e. The Morgan fingerprint density at radius 3 is 2.60 bits per heavy atom. The van der Waals surface area contributed by atoms with Crippen molar-refractivity contribution < 1.29 is 19.1 Å². The van der Waals surface area contributed by atoms with Crippen molar-refractivity contribution in [3.05, 3.63) is 51.7 Å². The van der Waals surface area contributed by atoms with E-state index in [1.54, 1.807) is 0 Å². The van der Waals surface area contributed by atoms with Crippen molar-refractivity contribution in [2.75, 3.05) is 0 Å². The first-order valence-electron chi connectivity index (χ1n) is 5.39. The number of rotatable bonds is 4. The van der Waals surface area contributed by atoms with Crippen molar-refractivity contribution >= 4 is 35.1 Å². The lowest BCUT2D eigenvalue weighted by atomic mass is 10.2. The summed E-state index contributed by atoms with van der Waals surface area (Å²) in [5.74, 6) is -1.52. The van der Waals surface area contributed by atoms with Crippen LogP contribution in [0.5, 0.6) is 0 Å². The molecule has 2 aromatic rings. The molecule has 2 aromatic heterocycles. The van der Waals surface area contributed by atoms with Gasteiger partial charge in [-0.05, 0) is 24.3 Å². The zero-order chi connectivity index (χ0) is 14.7. The molecule has 1 amide bonds. The zero-order valence-corrected chi connectivity index (χ0v) is 11.4. The second kappa shape index (κ2) is 5.94. The second-order valence-electron chi connectivity index (χ2n) is 3.73. The molecule has 0 aliphatic carbocycles. The topological polar surface area (TPSA) is 92.4 Å². The third-order valence-corrected chi connectivity index (χ3v) is 2.85. The van der Waals surface area contributed by atoms with E-state index in [9.17, 15) is 9.59 Å². The summed E-state index contributed by atoms with van der Waals surface area (Å²) < 4.78 is 5.00. The number of hydrogen-bond acceptors (Lipinski definition) is 4. The van der Waals surface area contributed by atoms with Gasteiger partial charge < -0.3 is 14.8 Å². The van der Waals surface area contributed by atoms with E-state index in [0.717, 1.165) is 0 Å².